The van der Waals surface area contributed by atoms with E-state index in [4.69, 9.17) is 33.2 Å². The Hall–Kier alpha value is -1.76. The average molecular weight is 859 g/mol. The predicted octanol–water partition coefficient (Wildman–Crippen LogP) is -2.72. The molecular formula is C41H62O19. The third kappa shape index (κ3) is 7.31. The molecule has 0 aromatic rings. The molecule has 3 saturated heterocycles. The van der Waals surface area contributed by atoms with Gasteiger partial charge in [0.1, 0.15) is 80.0 Å². The van der Waals surface area contributed by atoms with Crippen LogP contribution in [0.2, 0.25) is 0 Å². The van der Waals surface area contributed by atoms with Crippen LogP contribution in [0.15, 0.2) is 11.6 Å². The van der Waals surface area contributed by atoms with Crippen molar-refractivity contribution in [3.63, 3.8) is 0 Å². The number of hydrogen-bond acceptors (Lipinski definition) is 19. The van der Waals surface area contributed by atoms with Gasteiger partial charge in [0.15, 0.2) is 18.9 Å². The van der Waals surface area contributed by atoms with Crippen molar-refractivity contribution in [3.8, 4) is 0 Å². The van der Waals surface area contributed by atoms with Crippen LogP contribution in [0.5, 0.6) is 0 Å². The highest BCUT2D eigenvalue weighted by atomic mass is 16.8. The van der Waals surface area contributed by atoms with Gasteiger partial charge < -0.3 is 89.0 Å². The number of esters is 1. The van der Waals surface area contributed by atoms with E-state index in [1.807, 2.05) is 0 Å². The molecule has 23 atom stereocenters. The lowest BCUT2D eigenvalue weighted by molar-refractivity contribution is -0.365. The fourth-order valence-corrected chi connectivity index (χ4v) is 12.6. The van der Waals surface area contributed by atoms with Gasteiger partial charge in [0.05, 0.1) is 31.0 Å². The SMILES string of the molecule is C[C@@H]1O[C@@H](O[C@H]2CC[C@@]3(C=O)[C@@H](CC[C@H]4[C@@H]3CC[C@]3(C)[C@@H](C5=CC(=O)OC5)CC[C@]43O)C2)[C@H](O)[C@H](O)[C@H]1O[C@@H]1O[C@H](CO[C@@H]2O[C@H](CO)[C@@H](O)[C@H](O)[C@H]2O)[C@@H](O)[C@H](O)[C@H]1O. The van der Waals surface area contributed by atoms with Crippen LogP contribution < -0.4 is 0 Å². The van der Waals surface area contributed by atoms with Crippen LogP contribution >= 0.6 is 0 Å². The number of aldehydes is 1. The molecule has 0 aromatic carbocycles. The van der Waals surface area contributed by atoms with Crippen LogP contribution in [0, 0.1) is 34.5 Å². The molecule has 4 saturated carbocycles. The highest BCUT2D eigenvalue weighted by Gasteiger charge is 2.69. The van der Waals surface area contributed by atoms with Crippen molar-refractivity contribution >= 4 is 12.3 Å². The Morgan fingerprint density at radius 3 is 2.10 bits per heavy atom. The molecule has 8 rings (SSSR count). The van der Waals surface area contributed by atoms with E-state index in [-0.39, 0.29) is 36.2 Å². The van der Waals surface area contributed by atoms with Crippen LogP contribution in [0.4, 0.5) is 0 Å². The van der Waals surface area contributed by atoms with Crippen molar-refractivity contribution in [2.75, 3.05) is 19.8 Å². The molecule has 4 aliphatic carbocycles. The van der Waals surface area contributed by atoms with Crippen LogP contribution in [-0.4, -0.2) is 187 Å². The molecule has 7 fully saturated rings. The van der Waals surface area contributed by atoms with Crippen molar-refractivity contribution in [2.24, 2.45) is 34.5 Å². The standard InChI is InChI=1S/C41H62O19/c1-17-35(60-38-33(51)30(48)28(46)25(59-38)15-55-36-32(50)29(47)27(45)24(13-42)58-36)31(49)34(52)37(56-17)57-20-5-9-40(16-43)19(12-20)3-4-23-22(40)6-8-39(2)21(7-10-41(23,39)53)18-11-26(44)54-14-18/h11,16-17,19-25,27-38,42,45-53H,3-10,12-15H2,1-2H3/t17-,19-,20-,21+,22-,23-,24+,25+,27+,28+,29-,30-,31-,32+,33+,34+,35-,36+,37-,38-,39+,40+,41-/m0/s1. The number of rotatable bonds is 10. The average Bonchev–Trinajstić information content (AvgIpc) is 3.79. The van der Waals surface area contributed by atoms with E-state index >= 15 is 0 Å². The summed E-state index contributed by atoms with van der Waals surface area (Å²) in [6.07, 6.45) is -15.2. The van der Waals surface area contributed by atoms with Gasteiger partial charge in [-0.25, -0.2) is 4.79 Å². The molecule has 4 heterocycles. The Labute approximate surface area is 347 Å². The van der Waals surface area contributed by atoms with E-state index in [1.165, 1.54) is 0 Å². The Morgan fingerprint density at radius 2 is 1.42 bits per heavy atom. The smallest absolute Gasteiger partial charge is 0.331 e. The minimum absolute atomic E-state index is 0.0193. The maximum atomic E-state index is 13.2. The van der Waals surface area contributed by atoms with Crippen LogP contribution in [0.1, 0.15) is 71.6 Å². The van der Waals surface area contributed by atoms with Gasteiger partial charge in [0.2, 0.25) is 0 Å². The van der Waals surface area contributed by atoms with Crippen molar-refractivity contribution in [1.29, 1.82) is 0 Å². The summed E-state index contributed by atoms with van der Waals surface area (Å²) < 4.78 is 40.0. The third-order valence-electron chi connectivity index (χ3n) is 16.1. The Morgan fingerprint density at radius 1 is 0.750 bits per heavy atom. The quantitative estimate of drug-likeness (QED) is 0.0607. The van der Waals surface area contributed by atoms with Gasteiger partial charge >= 0.3 is 5.97 Å². The van der Waals surface area contributed by atoms with E-state index in [1.54, 1.807) is 13.0 Å². The lowest BCUT2D eigenvalue weighted by Gasteiger charge is -2.63. The van der Waals surface area contributed by atoms with E-state index in [2.05, 4.69) is 6.92 Å². The van der Waals surface area contributed by atoms with E-state index < -0.39 is 128 Å². The van der Waals surface area contributed by atoms with Crippen molar-refractivity contribution < 1.29 is 93.8 Å². The van der Waals surface area contributed by atoms with Gasteiger partial charge in [-0.2, -0.15) is 0 Å². The number of aliphatic hydroxyl groups excluding tert-OH is 9. The molecule has 8 aliphatic rings. The Kier molecular flexibility index (Phi) is 12.7. The molecule has 19 nitrogen and oxygen atoms in total. The van der Waals surface area contributed by atoms with Gasteiger partial charge in [-0.1, -0.05) is 6.92 Å². The number of ether oxygens (including phenoxy) is 7. The second-order valence-corrected chi connectivity index (χ2v) is 18.9. The summed E-state index contributed by atoms with van der Waals surface area (Å²) in [6, 6.07) is 0. The molecular weight excluding hydrogens is 796 g/mol. The first-order chi connectivity index (χ1) is 28.5. The number of fused-ring (bicyclic) bond motifs is 5. The lowest BCUT2D eigenvalue weighted by Crippen LogP contribution is -2.65. The largest absolute Gasteiger partial charge is 0.458 e. The third-order valence-corrected chi connectivity index (χ3v) is 16.1. The highest BCUT2D eigenvalue weighted by Crippen LogP contribution is 2.69. The summed E-state index contributed by atoms with van der Waals surface area (Å²) in [7, 11) is 0. The molecule has 10 N–H and O–H groups in total. The monoisotopic (exact) mass is 858 g/mol. The second-order valence-electron chi connectivity index (χ2n) is 18.9. The summed E-state index contributed by atoms with van der Waals surface area (Å²) in [5.74, 6) is -0.427. The normalized spacial score (nSPS) is 54.3. The molecule has 0 bridgehead atoms. The second kappa shape index (κ2) is 17.0. The topological polar surface area (TPSA) is 301 Å². The summed E-state index contributed by atoms with van der Waals surface area (Å²) in [5, 5.41) is 107. The molecule has 0 spiro atoms. The summed E-state index contributed by atoms with van der Waals surface area (Å²) in [6.45, 7) is 2.67. The van der Waals surface area contributed by atoms with E-state index in [0.717, 1.165) is 37.5 Å². The van der Waals surface area contributed by atoms with Gasteiger partial charge in [0, 0.05) is 16.9 Å². The maximum Gasteiger partial charge on any atom is 0.331 e. The molecule has 0 amide bonds. The summed E-state index contributed by atoms with van der Waals surface area (Å²) in [5.41, 5.74) is -1.12. The van der Waals surface area contributed by atoms with Crippen molar-refractivity contribution in [3.05, 3.63) is 11.6 Å². The van der Waals surface area contributed by atoms with Gasteiger partial charge in [-0.3, -0.25) is 0 Å². The summed E-state index contributed by atoms with van der Waals surface area (Å²) >= 11 is 0. The fraction of sp³-hybridized carbons (Fsp3) is 0.902. The first-order valence-electron chi connectivity index (χ1n) is 21.5. The van der Waals surface area contributed by atoms with Crippen LogP contribution in [0.3, 0.4) is 0 Å². The van der Waals surface area contributed by atoms with Gasteiger partial charge in [-0.05, 0) is 94.0 Å². The van der Waals surface area contributed by atoms with Gasteiger partial charge in [-0.15, -0.1) is 0 Å². The van der Waals surface area contributed by atoms with Crippen LogP contribution in [-0.2, 0) is 42.7 Å². The molecule has 0 unspecified atom stereocenters. The first-order valence-corrected chi connectivity index (χ1v) is 21.5. The molecule has 60 heavy (non-hydrogen) atoms. The molecule has 0 aromatic heterocycles. The lowest BCUT2D eigenvalue weighted by atomic mass is 9.43. The van der Waals surface area contributed by atoms with Crippen LogP contribution in [0.25, 0.3) is 0 Å². The van der Waals surface area contributed by atoms with E-state index in [9.17, 15) is 60.7 Å². The number of carbonyl (C=O) groups is 2. The zero-order valence-electron chi connectivity index (χ0n) is 33.8. The molecule has 19 heteroatoms. The van der Waals surface area contributed by atoms with Crippen molar-refractivity contribution in [1.82, 2.24) is 0 Å². The molecule has 4 aliphatic heterocycles. The van der Waals surface area contributed by atoms with Gasteiger partial charge in [0.25, 0.3) is 0 Å². The molecule has 0 radical (unpaired) electrons. The summed E-state index contributed by atoms with van der Waals surface area (Å²) in [4.78, 5) is 25.2. The number of hydrogen-bond donors (Lipinski definition) is 10. The Balaban J connectivity index is 0.873. The highest BCUT2D eigenvalue weighted by molar-refractivity contribution is 5.85. The van der Waals surface area contributed by atoms with Crippen molar-refractivity contribution in [2.45, 2.75) is 175 Å². The maximum absolute atomic E-state index is 13.2. The number of cyclic esters (lactones) is 1. The first kappa shape index (κ1) is 44.8. The Bertz CT molecular complexity index is 1600. The fourth-order valence-electron chi connectivity index (χ4n) is 12.6. The minimum Gasteiger partial charge on any atom is -0.458 e. The zero-order valence-corrected chi connectivity index (χ0v) is 33.8. The zero-order chi connectivity index (χ0) is 43.1. The van der Waals surface area contributed by atoms with E-state index in [0.29, 0.717) is 32.1 Å². The number of aliphatic hydroxyl groups is 10. The minimum atomic E-state index is -1.84. The predicted molar refractivity (Wildman–Crippen MR) is 199 cm³/mol. The molecule has 340 valence electrons. The number of carbonyl (C=O) groups excluding carboxylic acids is 2.